The van der Waals surface area contributed by atoms with Crippen LogP contribution in [0, 0.1) is 0 Å². The fourth-order valence-corrected chi connectivity index (χ4v) is 2.87. The van der Waals surface area contributed by atoms with Crippen LogP contribution in [0.3, 0.4) is 0 Å². The third-order valence-corrected chi connectivity index (χ3v) is 4.19. The highest BCUT2D eigenvalue weighted by molar-refractivity contribution is 5.90. The molecule has 2 aromatic carbocycles. The van der Waals surface area contributed by atoms with E-state index in [1.807, 2.05) is 18.2 Å². The standard InChI is InChI=1S/C21H15F3N4O3/c22-21(23,24)30-16-10-8-14(9-11-16)19-26-20(31-27-19)17-7-4-12-28(17)13-18(29)25-15-5-2-1-3-6-15/h1-12H,13H2,(H,25,29). The molecular weight excluding hydrogens is 413 g/mol. The van der Waals surface area contributed by atoms with Gasteiger partial charge < -0.3 is 19.1 Å². The average molecular weight is 428 g/mol. The molecule has 1 amide bonds. The summed E-state index contributed by atoms with van der Waals surface area (Å²) < 4.78 is 47.6. The number of nitrogens with zero attached hydrogens (tertiary/aromatic N) is 3. The molecule has 0 atom stereocenters. The van der Waals surface area contributed by atoms with E-state index < -0.39 is 6.36 Å². The van der Waals surface area contributed by atoms with Gasteiger partial charge in [0.15, 0.2) is 0 Å². The van der Waals surface area contributed by atoms with Crippen LogP contribution >= 0.6 is 0 Å². The van der Waals surface area contributed by atoms with Crippen LogP contribution in [0.5, 0.6) is 5.75 Å². The van der Waals surface area contributed by atoms with Crippen LogP contribution in [-0.2, 0) is 11.3 Å². The maximum Gasteiger partial charge on any atom is 0.573 e. The predicted octanol–water partition coefficient (Wildman–Crippen LogP) is 4.74. The van der Waals surface area contributed by atoms with Gasteiger partial charge >= 0.3 is 6.36 Å². The Bertz CT molecular complexity index is 1170. The van der Waals surface area contributed by atoms with Gasteiger partial charge in [-0.1, -0.05) is 23.4 Å². The molecule has 1 N–H and O–H groups in total. The molecule has 158 valence electrons. The number of para-hydroxylation sites is 1. The Morgan fingerprint density at radius 1 is 1.03 bits per heavy atom. The first-order valence-corrected chi connectivity index (χ1v) is 9.08. The first-order valence-electron chi connectivity index (χ1n) is 9.08. The van der Waals surface area contributed by atoms with E-state index in [9.17, 15) is 18.0 Å². The number of carbonyl (C=O) groups excluding carboxylic acids is 1. The fraction of sp³-hybridized carbons (Fsp3) is 0.0952. The topological polar surface area (TPSA) is 82.2 Å². The van der Waals surface area contributed by atoms with Crippen molar-refractivity contribution in [3.05, 3.63) is 72.9 Å². The molecule has 4 aromatic rings. The van der Waals surface area contributed by atoms with Crippen molar-refractivity contribution in [3.8, 4) is 28.7 Å². The van der Waals surface area contributed by atoms with Gasteiger partial charge in [0, 0.05) is 17.4 Å². The summed E-state index contributed by atoms with van der Waals surface area (Å²) in [4.78, 5) is 16.6. The molecule has 0 radical (unpaired) electrons. The summed E-state index contributed by atoms with van der Waals surface area (Å²) in [6, 6.07) is 17.6. The minimum Gasteiger partial charge on any atom is -0.406 e. The van der Waals surface area contributed by atoms with Crippen molar-refractivity contribution in [2.24, 2.45) is 0 Å². The number of rotatable bonds is 6. The smallest absolute Gasteiger partial charge is 0.406 e. The molecule has 0 saturated heterocycles. The molecule has 4 rings (SSSR count). The lowest BCUT2D eigenvalue weighted by Gasteiger charge is -2.08. The summed E-state index contributed by atoms with van der Waals surface area (Å²) in [5.74, 6) is -0.222. The Morgan fingerprint density at radius 3 is 2.48 bits per heavy atom. The summed E-state index contributed by atoms with van der Waals surface area (Å²) >= 11 is 0. The zero-order chi connectivity index (χ0) is 21.8. The van der Waals surface area contributed by atoms with E-state index in [2.05, 4.69) is 20.2 Å². The van der Waals surface area contributed by atoms with Gasteiger partial charge in [-0.3, -0.25) is 4.79 Å². The van der Waals surface area contributed by atoms with Crippen molar-refractivity contribution in [1.82, 2.24) is 14.7 Å². The van der Waals surface area contributed by atoms with Crippen LogP contribution in [0.15, 0.2) is 77.4 Å². The first kappa shape index (κ1) is 20.2. The number of carbonyl (C=O) groups is 1. The van der Waals surface area contributed by atoms with Crippen molar-refractivity contribution in [2.45, 2.75) is 12.9 Å². The predicted molar refractivity (Wildman–Crippen MR) is 105 cm³/mol. The number of benzene rings is 2. The van der Waals surface area contributed by atoms with E-state index in [0.717, 1.165) is 12.1 Å². The van der Waals surface area contributed by atoms with Gasteiger partial charge in [-0.15, -0.1) is 13.2 Å². The normalized spacial score (nSPS) is 11.3. The largest absolute Gasteiger partial charge is 0.573 e. The van der Waals surface area contributed by atoms with Gasteiger partial charge in [-0.2, -0.15) is 4.98 Å². The van der Waals surface area contributed by atoms with Crippen molar-refractivity contribution in [2.75, 3.05) is 5.32 Å². The number of amides is 1. The molecule has 31 heavy (non-hydrogen) atoms. The lowest BCUT2D eigenvalue weighted by molar-refractivity contribution is -0.274. The molecule has 0 aliphatic rings. The number of anilines is 1. The van der Waals surface area contributed by atoms with Crippen LogP contribution in [0.1, 0.15) is 0 Å². The SMILES string of the molecule is O=C(Cn1cccc1-c1nc(-c2ccc(OC(F)(F)F)cc2)no1)Nc1ccccc1. The van der Waals surface area contributed by atoms with Gasteiger partial charge in [0.1, 0.15) is 18.0 Å². The Morgan fingerprint density at radius 2 is 1.77 bits per heavy atom. The van der Waals surface area contributed by atoms with Crippen LogP contribution < -0.4 is 10.1 Å². The number of nitrogens with one attached hydrogen (secondary N) is 1. The molecule has 10 heteroatoms. The molecule has 0 spiro atoms. The zero-order valence-electron chi connectivity index (χ0n) is 15.8. The summed E-state index contributed by atoms with van der Waals surface area (Å²) in [5.41, 5.74) is 1.66. The van der Waals surface area contributed by atoms with E-state index in [1.54, 1.807) is 35.0 Å². The molecule has 2 aromatic heterocycles. The van der Waals surface area contributed by atoms with E-state index >= 15 is 0 Å². The number of hydrogen-bond acceptors (Lipinski definition) is 5. The number of ether oxygens (including phenoxy) is 1. The lowest BCUT2D eigenvalue weighted by atomic mass is 10.2. The third-order valence-electron chi connectivity index (χ3n) is 4.19. The van der Waals surface area contributed by atoms with Gasteiger partial charge in [0.2, 0.25) is 11.7 Å². The maximum atomic E-state index is 12.3. The molecule has 0 fully saturated rings. The summed E-state index contributed by atoms with van der Waals surface area (Å²) in [6.07, 6.45) is -3.06. The number of aromatic nitrogens is 3. The molecule has 0 aliphatic carbocycles. The molecule has 0 aliphatic heterocycles. The Hall–Kier alpha value is -4.08. The van der Waals surface area contributed by atoms with E-state index in [1.165, 1.54) is 12.1 Å². The Balaban J connectivity index is 1.47. The third kappa shape index (κ3) is 5.10. The van der Waals surface area contributed by atoms with E-state index in [-0.39, 0.29) is 29.9 Å². The first-order chi connectivity index (χ1) is 14.9. The summed E-state index contributed by atoms with van der Waals surface area (Å²) in [6.45, 7) is 0.0262. The summed E-state index contributed by atoms with van der Waals surface area (Å²) in [7, 11) is 0. The van der Waals surface area contributed by atoms with Crippen molar-refractivity contribution in [3.63, 3.8) is 0 Å². The molecular formula is C21H15F3N4O3. The van der Waals surface area contributed by atoms with Gasteiger partial charge in [-0.25, -0.2) is 0 Å². The van der Waals surface area contributed by atoms with Gasteiger partial charge in [0.25, 0.3) is 5.89 Å². The maximum absolute atomic E-state index is 12.3. The van der Waals surface area contributed by atoms with Crippen molar-refractivity contribution >= 4 is 11.6 Å². The highest BCUT2D eigenvalue weighted by Crippen LogP contribution is 2.27. The molecule has 0 saturated carbocycles. The second-order valence-corrected chi connectivity index (χ2v) is 6.43. The van der Waals surface area contributed by atoms with Gasteiger partial charge in [0.05, 0.1) is 0 Å². The minimum atomic E-state index is -4.76. The number of hydrogen-bond donors (Lipinski definition) is 1. The molecule has 0 bridgehead atoms. The summed E-state index contributed by atoms with van der Waals surface area (Å²) in [5, 5.41) is 6.66. The highest BCUT2D eigenvalue weighted by Gasteiger charge is 2.31. The lowest BCUT2D eigenvalue weighted by Crippen LogP contribution is -2.18. The van der Waals surface area contributed by atoms with E-state index in [4.69, 9.17) is 4.52 Å². The quantitative estimate of drug-likeness (QED) is 0.480. The molecule has 2 heterocycles. The van der Waals surface area contributed by atoms with Crippen LogP contribution in [0.25, 0.3) is 23.0 Å². The number of halogens is 3. The molecule has 0 unspecified atom stereocenters. The van der Waals surface area contributed by atoms with Gasteiger partial charge in [-0.05, 0) is 48.5 Å². The van der Waals surface area contributed by atoms with Crippen LogP contribution in [-0.4, -0.2) is 27.0 Å². The zero-order valence-corrected chi connectivity index (χ0v) is 15.8. The minimum absolute atomic E-state index is 0.0262. The second kappa shape index (κ2) is 8.34. The Kier molecular flexibility index (Phi) is 5.44. The number of alkyl halides is 3. The second-order valence-electron chi connectivity index (χ2n) is 6.43. The fourth-order valence-electron chi connectivity index (χ4n) is 2.87. The molecule has 7 nitrogen and oxygen atoms in total. The monoisotopic (exact) mass is 428 g/mol. The van der Waals surface area contributed by atoms with Crippen molar-refractivity contribution in [1.29, 1.82) is 0 Å². The van der Waals surface area contributed by atoms with E-state index in [0.29, 0.717) is 16.9 Å². The highest BCUT2D eigenvalue weighted by atomic mass is 19.4. The van der Waals surface area contributed by atoms with Crippen LogP contribution in [0.4, 0.5) is 18.9 Å². The van der Waals surface area contributed by atoms with Crippen molar-refractivity contribution < 1.29 is 27.2 Å². The van der Waals surface area contributed by atoms with Crippen LogP contribution in [0.2, 0.25) is 0 Å². The Labute approximate surface area is 174 Å². The average Bonchev–Trinajstić information content (AvgIpc) is 3.37.